The zero-order valence-corrected chi connectivity index (χ0v) is 14.9. The number of fused-ring (bicyclic) bond motifs is 1. The summed E-state index contributed by atoms with van der Waals surface area (Å²) < 4.78 is 4.94. The van der Waals surface area contributed by atoms with E-state index in [1.807, 2.05) is 6.92 Å². The van der Waals surface area contributed by atoms with Crippen LogP contribution in [0.1, 0.15) is 30.9 Å². The van der Waals surface area contributed by atoms with E-state index in [0.717, 1.165) is 11.3 Å². The molecule has 8 heteroatoms. The van der Waals surface area contributed by atoms with Gasteiger partial charge >= 0.3 is 5.97 Å². The van der Waals surface area contributed by atoms with Gasteiger partial charge in [-0.2, -0.15) is 0 Å². The molecule has 0 unspecified atom stereocenters. The van der Waals surface area contributed by atoms with Crippen molar-refractivity contribution in [2.45, 2.75) is 24.9 Å². The summed E-state index contributed by atoms with van der Waals surface area (Å²) >= 11 is 1.45. The molecule has 7 nitrogen and oxygen atoms in total. The third-order valence-electron chi connectivity index (χ3n) is 3.95. The molecule has 3 rings (SSSR count). The number of aromatic amines is 1. The van der Waals surface area contributed by atoms with Gasteiger partial charge in [0.2, 0.25) is 0 Å². The predicted octanol–water partition coefficient (Wildman–Crippen LogP) is 2.28. The Morgan fingerprint density at radius 1 is 1.36 bits per heavy atom. The number of rotatable bonds is 4. The Balaban J connectivity index is 2.25. The summed E-state index contributed by atoms with van der Waals surface area (Å²) in [5, 5.41) is 3.63. The molecule has 0 bridgehead atoms. The van der Waals surface area contributed by atoms with Crippen LogP contribution >= 0.6 is 11.8 Å². The van der Waals surface area contributed by atoms with Gasteiger partial charge in [-0.3, -0.25) is 9.78 Å². The average molecular weight is 358 g/mol. The Labute approximate surface area is 148 Å². The van der Waals surface area contributed by atoms with Crippen molar-refractivity contribution < 1.29 is 9.53 Å². The lowest BCUT2D eigenvalue weighted by molar-refractivity contribution is -0.136. The number of aromatic nitrogens is 3. The monoisotopic (exact) mass is 358 g/mol. The number of nitrogens with one attached hydrogen (secondary N) is 2. The summed E-state index contributed by atoms with van der Waals surface area (Å²) in [6.07, 6.45) is 3.26. The number of allylic oxidation sites excluding steroid dienone is 1. The van der Waals surface area contributed by atoms with Crippen LogP contribution in [-0.2, 0) is 9.53 Å². The van der Waals surface area contributed by atoms with Crippen molar-refractivity contribution >= 4 is 23.5 Å². The highest BCUT2D eigenvalue weighted by atomic mass is 32.2. The number of nitrogens with zero attached hydrogens (tertiary/aromatic N) is 2. The fourth-order valence-corrected chi connectivity index (χ4v) is 3.50. The molecule has 2 aromatic rings. The molecule has 25 heavy (non-hydrogen) atoms. The quantitative estimate of drug-likeness (QED) is 0.492. The van der Waals surface area contributed by atoms with E-state index in [-0.39, 0.29) is 5.56 Å². The number of hydrogen-bond donors (Lipinski definition) is 2. The van der Waals surface area contributed by atoms with Gasteiger partial charge in [0.15, 0.2) is 5.16 Å². The molecule has 3 heterocycles. The van der Waals surface area contributed by atoms with Gasteiger partial charge in [-0.1, -0.05) is 18.7 Å². The van der Waals surface area contributed by atoms with Gasteiger partial charge in [0.25, 0.3) is 5.56 Å². The molecular formula is C17H18N4O3S. The molecule has 0 fully saturated rings. The standard InChI is InChI=1S/C17H18N4O3S/c1-4-25-17-20-14-13(15(22)21-17)12(10-5-7-18-8-6-10)11(9(2)19-14)16(23)24-3/h5-8,12H,4H2,1-3H3,(H2,19,20,21,22)/t12-/m0/s1. The number of hydrogen-bond acceptors (Lipinski definition) is 7. The molecule has 0 spiro atoms. The van der Waals surface area contributed by atoms with E-state index in [1.54, 1.807) is 31.5 Å². The van der Waals surface area contributed by atoms with E-state index in [2.05, 4.69) is 20.3 Å². The largest absolute Gasteiger partial charge is 0.466 e. The molecular weight excluding hydrogens is 340 g/mol. The van der Waals surface area contributed by atoms with Crippen LogP contribution in [-0.4, -0.2) is 33.8 Å². The fourth-order valence-electron chi connectivity index (χ4n) is 2.91. The van der Waals surface area contributed by atoms with Gasteiger partial charge in [-0.15, -0.1) is 0 Å². The molecule has 0 saturated heterocycles. The molecule has 0 saturated carbocycles. The number of carbonyl (C=O) groups is 1. The first kappa shape index (κ1) is 17.2. The minimum Gasteiger partial charge on any atom is -0.466 e. The molecule has 0 amide bonds. The zero-order chi connectivity index (χ0) is 18.0. The van der Waals surface area contributed by atoms with E-state index in [9.17, 15) is 9.59 Å². The normalized spacial score (nSPS) is 16.2. The van der Waals surface area contributed by atoms with Gasteiger partial charge in [-0.05, 0) is 30.4 Å². The Bertz CT molecular complexity index is 893. The van der Waals surface area contributed by atoms with Gasteiger partial charge in [0.1, 0.15) is 5.82 Å². The van der Waals surface area contributed by atoms with Crippen molar-refractivity contribution in [3.05, 3.63) is 57.3 Å². The molecule has 130 valence electrons. The SMILES string of the molecule is CCSc1nc2c(c(=O)[nH]1)[C@@H](c1ccncc1)C(C(=O)OC)=C(C)N2. The lowest BCUT2D eigenvalue weighted by Gasteiger charge is -2.28. The van der Waals surface area contributed by atoms with E-state index >= 15 is 0 Å². The number of methoxy groups -OCH3 is 1. The van der Waals surface area contributed by atoms with Crippen LogP contribution in [0.4, 0.5) is 5.82 Å². The minimum atomic E-state index is -0.566. The number of pyridine rings is 1. The average Bonchev–Trinajstić information content (AvgIpc) is 2.61. The smallest absolute Gasteiger partial charge is 0.336 e. The topological polar surface area (TPSA) is 97.0 Å². The Morgan fingerprint density at radius 3 is 2.72 bits per heavy atom. The Hall–Kier alpha value is -2.61. The van der Waals surface area contributed by atoms with E-state index < -0.39 is 11.9 Å². The zero-order valence-electron chi connectivity index (χ0n) is 14.1. The Morgan fingerprint density at radius 2 is 2.08 bits per heavy atom. The number of thioether (sulfide) groups is 1. The Kier molecular flexibility index (Phi) is 4.89. The maximum Gasteiger partial charge on any atom is 0.336 e. The summed E-state index contributed by atoms with van der Waals surface area (Å²) in [6, 6.07) is 3.56. The van der Waals surface area contributed by atoms with E-state index in [4.69, 9.17) is 4.74 Å². The maximum absolute atomic E-state index is 12.8. The number of ether oxygens (including phenoxy) is 1. The summed E-state index contributed by atoms with van der Waals surface area (Å²) in [4.78, 5) is 36.5. The second kappa shape index (κ2) is 7.10. The van der Waals surface area contributed by atoms with Crippen LogP contribution in [0, 0.1) is 0 Å². The molecule has 0 aliphatic carbocycles. The van der Waals surface area contributed by atoms with Gasteiger partial charge in [0, 0.05) is 18.1 Å². The van der Waals surface area contributed by atoms with Crippen LogP contribution in [0.2, 0.25) is 0 Å². The van der Waals surface area contributed by atoms with Crippen molar-refractivity contribution in [3.8, 4) is 0 Å². The molecule has 0 aromatic carbocycles. The van der Waals surface area contributed by atoms with Crippen LogP contribution < -0.4 is 10.9 Å². The summed E-state index contributed by atoms with van der Waals surface area (Å²) in [5.41, 5.74) is 1.92. The summed E-state index contributed by atoms with van der Waals surface area (Å²) in [7, 11) is 1.32. The first-order valence-electron chi connectivity index (χ1n) is 7.79. The molecule has 1 aliphatic rings. The van der Waals surface area contributed by atoms with Crippen LogP contribution in [0.15, 0.2) is 45.7 Å². The number of carbonyl (C=O) groups excluding carboxylic acids is 1. The molecule has 1 aliphatic heterocycles. The molecule has 2 aromatic heterocycles. The van der Waals surface area contributed by atoms with Crippen molar-refractivity contribution in [1.82, 2.24) is 15.0 Å². The third-order valence-corrected chi connectivity index (χ3v) is 4.70. The number of H-pyrrole nitrogens is 1. The predicted molar refractivity (Wildman–Crippen MR) is 95.7 cm³/mol. The van der Waals surface area contributed by atoms with Gasteiger partial charge in [-0.25, -0.2) is 9.78 Å². The summed E-state index contributed by atoms with van der Waals surface area (Å²) in [5.74, 6) is 0.205. The lowest BCUT2D eigenvalue weighted by Crippen LogP contribution is -2.31. The van der Waals surface area contributed by atoms with E-state index in [0.29, 0.717) is 27.8 Å². The minimum absolute atomic E-state index is 0.274. The van der Waals surface area contributed by atoms with Crippen LogP contribution in [0.25, 0.3) is 0 Å². The number of esters is 1. The van der Waals surface area contributed by atoms with Crippen LogP contribution in [0.5, 0.6) is 0 Å². The lowest BCUT2D eigenvalue weighted by atomic mass is 9.83. The number of anilines is 1. The molecule has 1 atom stereocenters. The highest BCUT2D eigenvalue weighted by Gasteiger charge is 2.36. The second-order valence-electron chi connectivity index (χ2n) is 5.44. The first-order chi connectivity index (χ1) is 12.1. The molecule has 0 radical (unpaired) electrons. The maximum atomic E-state index is 12.8. The van der Waals surface area contributed by atoms with Crippen molar-refractivity contribution in [2.75, 3.05) is 18.2 Å². The summed E-state index contributed by atoms with van der Waals surface area (Å²) in [6.45, 7) is 3.76. The van der Waals surface area contributed by atoms with Crippen molar-refractivity contribution in [2.24, 2.45) is 0 Å². The van der Waals surface area contributed by atoms with Gasteiger partial charge in [0.05, 0.1) is 24.2 Å². The third kappa shape index (κ3) is 3.17. The van der Waals surface area contributed by atoms with Crippen molar-refractivity contribution in [3.63, 3.8) is 0 Å². The second-order valence-corrected chi connectivity index (χ2v) is 6.69. The van der Waals surface area contributed by atoms with Crippen molar-refractivity contribution in [1.29, 1.82) is 0 Å². The van der Waals surface area contributed by atoms with Crippen LogP contribution in [0.3, 0.4) is 0 Å². The first-order valence-corrected chi connectivity index (χ1v) is 8.78. The highest BCUT2D eigenvalue weighted by Crippen LogP contribution is 2.39. The highest BCUT2D eigenvalue weighted by molar-refractivity contribution is 7.99. The molecule has 2 N–H and O–H groups in total. The van der Waals surface area contributed by atoms with Gasteiger partial charge < -0.3 is 15.0 Å². The van der Waals surface area contributed by atoms with E-state index in [1.165, 1.54) is 18.9 Å². The fraction of sp³-hybridized carbons (Fsp3) is 0.294.